The fourth-order valence-electron chi connectivity index (χ4n) is 0. The third kappa shape index (κ3) is 45.0. The van der Waals surface area contributed by atoms with Crippen LogP contribution in [0.25, 0.3) is 0 Å². The van der Waals surface area contributed by atoms with Gasteiger partial charge in [-0.15, -0.1) is 0 Å². The van der Waals surface area contributed by atoms with E-state index in [-0.39, 0.29) is 21.1 Å². The Morgan fingerprint density at radius 1 is 0.480 bits per heavy atom. The van der Waals surface area contributed by atoms with Crippen LogP contribution >= 0.6 is 0 Å². The van der Waals surface area contributed by atoms with Crippen molar-refractivity contribution in [2.75, 3.05) is 0 Å². The van der Waals surface area contributed by atoms with Gasteiger partial charge in [-0.3, -0.25) is 0 Å². The summed E-state index contributed by atoms with van der Waals surface area (Å²) >= 11 is 0. The molecule has 13 heteroatoms. The van der Waals surface area contributed by atoms with Crippen molar-refractivity contribution in [3.8, 4) is 0 Å². The maximum Gasteiger partial charge on any atom is 0.332 e. The second-order valence-corrected chi connectivity index (χ2v) is 4.06. The molecule has 0 aromatic carbocycles. The van der Waals surface area contributed by atoms with Gasteiger partial charge in [0, 0.05) is 21.1 Å². The quantitative estimate of drug-likeness (QED) is 0.211. The van der Waals surface area contributed by atoms with Crippen LogP contribution in [0.2, 0.25) is 0 Å². The largest absolute Gasteiger partial charge is 0.479 e. The average Bonchev–Trinajstić information content (AvgIpc) is 2.40. The van der Waals surface area contributed by atoms with Crippen molar-refractivity contribution in [3.05, 3.63) is 0 Å². The number of carbonyl (C=O) groups is 4. The molecule has 0 unspecified atom stereocenters. The molecular weight excluding hydrogens is 432 g/mol. The molecule has 4 atom stereocenters. The molecule has 0 fully saturated rings. The SMILES string of the molecule is C[C@@H](O)C(=O)O.C[C@@H](O)C(=O)O.C[C@@H](O)C(=O)O.C[C@@H](O)C(=O)O.[Mo]. The predicted octanol–water partition coefficient (Wildman–Crippen LogP) is -2.20. The summed E-state index contributed by atoms with van der Waals surface area (Å²) in [5.74, 6) is -4.74. The van der Waals surface area contributed by atoms with Gasteiger partial charge in [0.1, 0.15) is 24.4 Å². The minimum absolute atomic E-state index is 0. The number of carboxylic acids is 4. The topological polar surface area (TPSA) is 230 Å². The van der Waals surface area contributed by atoms with Gasteiger partial charge in [0.05, 0.1) is 0 Å². The van der Waals surface area contributed by atoms with Gasteiger partial charge in [-0.1, -0.05) is 0 Å². The molecule has 0 bridgehead atoms. The Hall–Kier alpha value is -1.59. The van der Waals surface area contributed by atoms with Crippen LogP contribution in [0, 0.1) is 0 Å². The summed E-state index contributed by atoms with van der Waals surface area (Å²) in [4.78, 5) is 37.8. The standard InChI is InChI=1S/4C3H6O3.Mo/c4*1-2(4)3(5)6;/h4*2,4H,1H3,(H,5,6);/t4*2-;/m1111./s1. The Balaban J connectivity index is -0.0000000702. The van der Waals surface area contributed by atoms with E-state index in [0.29, 0.717) is 0 Å². The molecule has 150 valence electrons. The number of aliphatic carboxylic acids is 4. The van der Waals surface area contributed by atoms with E-state index < -0.39 is 48.3 Å². The molecule has 0 heterocycles. The van der Waals surface area contributed by atoms with Crippen molar-refractivity contribution in [1.29, 1.82) is 0 Å². The first-order valence-corrected chi connectivity index (χ1v) is 6.21. The second-order valence-electron chi connectivity index (χ2n) is 4.06. The van der Waals surface area contributed by atoms with E-state index in [2.05, 4.69) is 0 Å². The van der Waals surface area contributed by atoms with E-state index >= 15 is 0 Å². The summed E-state index contributed by atoms with van der Waals surface area (Å²) in [6, 6.07) is 0. The summed E-state index contributed by atoms with van der Waals surface area (Å²) in [5.41, 5.74) is 0. The van der Waals surface area contributed by atoms with Gasteiger partial charge in [-0.25, -0.2) is 19.2 Å². The van der Waals surface area contributed by atoms with E-state index in [4.69, 9.17) is 40.9 Å². The first kappa shape index (κ1) is 34.7. The van der Waals surface area contributed by atoms with Crippen LogP contribution in [0.5, 0.6) is 0 Å². The van der Waals surface area contributed by atoms with E-state index in [9.17, 15) is 19.2 Å². The third-order valence-electron chi connectivity index (χ3n) is 1.43. The molecule has 0 aromatic rings. The van der Waals surface area contributed by atoms with E-state index in [1.54, 1.807) is 0 Å². The number of aliphatic hydroxyl groups excluding tert-OH is 4. The fourth-order valence-corrected chi connectivity index (χ4v) is 0. The summed E-state index contributed by atoms with van der Waals surface area (Å²) in [6.07, 6.45) is -4.93. The van der Waals surface area contributed by atoms with Gasteiger partial charge in [0.15, 0.2) is 0 Å². The van der Waals surface area contributed by atoms with Crippen molar-refractivity contribution in [1.82, 2.24) is 0 Å². The zero-order valence-corrected chi connectivity index (χ0v) is 15.9. The number of hydrogen-bond acceptors (Lipinski definition) is 8. The monoisotopic (exact) mass is 458 g/mol. The molecule has 0 aromatic heterocycles. The molecule has 0 radical (unpaired) electrons. The predicted molar refractivity (Wildman–Crippen MR) is 77.3 cm³/mol. The molecule has 0 aliphatic rings. The van der Waals surface area contributed by atoms with Gasteiger partial charge in [-0.05, 0) is 27.7 Å². The van der Waals surface area contributed by atoms with Crippen molar-refractivity contribution in [2.45, 2.75) is 52.1 Å². The van der Waals surface area contributed by atoms with E-state index in [0.717, 1.165) is 0 Å². The normalized spacial score (nSPS) is 13.1. The number of rotatable bonds is 4. The van der Waals surface area contributed by atoms with E-state index in [1.807, 2.05) is 0 Å². The van der Waals surface area contributed by atoms with Gasteiger partial charge < -0.3 is 40.9 Å². The molecule has 0 aliphatic carbocycles. The van der Waals surface area contributed by atoms with Gasteiger partial charge in [0.2, 0.25) is 0 Å². The van der Waals surface area contributed by atoms with Crippen LogP contribution in [-0.4, -0.2) is 89.1 Å². The maximum atomic E-state index is 9.45. The molecule has 12 nitrogen and oxygen atoms in total. The zero-order valence-electron chi connectivity index (χ0n) is 13.9. The second kappa shape index (κ2) is 20.5. The Bertz CT molecular complexity index is 306. The van der Waals surface area contributed by atoms with Crippen molar-refractivity contribution >= 4 is 23.9 Å². The minimum Gasteiger partial charge on any atom is -0.479 e. The molecule has 0 aliphatic heterocycles. The molecule has 0 rings (SSSR count). The number of aliphatic hydroxyl groups is 4. The van der Waals surface area contributed by atoms with Gasteiger partial charge >= 0.3 is 23.9 Å². The van der Waals surface area contributed by atoms with E-state index in [1.165, 1.54) is 27.7 Å². The van der Waals surface area contributed by atoms with Crippen LogP contribution < -0.4 is 0 Å². The van der Waals surface area contributed by atoms with Crippen LogP contribution in [0.15, 0.2) is 0 Å². The van der Waals surface area contributed by atoms with Crippen LogP contribution in [0.1, 0.15) is 27.7 Å². The Labute approximate surface area is 157 Å². The molecule has 0 amide bonds. The van der Waals surface area contributed by atoms with Crippen LogP contribution in [-0.2, 0) is 40.2 Å². The Morgan fingerprint density at radius 2 is 0.520 bits per heavy atom. The van der Waals surface area contributed by atoms with Crippen LogP contribution in [0.3, 0.4) is 0 Å². The summed E-state index contributed by atoms with van der Waals surface area (Å²) in [6.45, 7) is 4.79. The summed E-state index contributed by atoms with van der Waals surface area (Å²) < 4.78 is 0. The first-order valence-electron chi connectivity index (χ1n) is 6.21. The fraction of sp³-hybridized carbons (Fsp3) is 0.667. The maximum absolute atomic E-state index is 9.45. The van der Waals surface area contributed by atoms with Gasteiger partial charge in [-0.2, -0.15) is 0 Å². The van der Waals surface area contributed by atoms with Crippen LogP contribution in [0.4, 0.5) is 0 Å². The van der Waals surface area contributed by atoms with Crippen molar-refractivity contribution in [2.24, 2.45) is 0 Å². The molecule has 8 N–H and O–H groups in total. The molecule has 0 saturated heterocycles. The van der Waals surface area contributed by atoms with Crippen molar-refractivity contribution < 1.29 is 81.1 Å². The minimum atomic E-state index is -1.23. The zero-order chi connectivity index (χ0) is 20.6. The van der Waals surface area contributed by atoms with Gasteiger partial charge in [0.25, 0.3) is 0 Å². The average molecular weight is 456 g/mol. The van der Waals surface area contributed by atoms with Crippen molar-refractivity contribution in [3.63, 3.8) is 0 Å². The Kier molecular flexibility index (Phi) is 28.4. The number of hydrogen-bond donors (Lipinski definition) is 8. The molecular formula is C12H24MoO12. The third-order valence-corrected chi connectivity index (χ3v) is 1.43. The molecule has 25 heavy (non-hydrogen) atoms. The first-order chi connectivity index (χ1) is 10.6. The molecule has 0 spiro atoms. The smallest absolute Gasteiger partial charge is 0.332 e. The summed E-state index contributed by atoms with van der Waals surface area (Å²) in [5, 5.41) is 63.1. The Morgan fingerprint density at radius 3 is 0.520 bits per heavy atom. The summed E-state index contributed by atoms with van der Waals surface area (Å²) in [7, 11) is 0. The number of carboxylic acid groups (broad SMARTS) is 4. The molecule has 0 saturated carbocycles.